The van der Waals surface area contributed by atoms with Crippen LogP contribution in [0, 0.1) is 0 Å². The summed E-state index contributed by atoms with van der Waals surface area (Å²) in [5, 5.41) is 8.67. The van der Waals surface area contributed by atoms with Crippen molar-refractivity contribution in [3.63, 3.8) is 0 Å². The normalized spacial score (nSPS) is 19.9. The molecule has 0 bridgehead atoms. The molecule has 1 aromatic rings. The smallest absolute Gasteiger partial charge is 0.119 e. The molecule has 0 saturated carbocycles. The average Bonchev–Trinajstić information content (AvgIpc) is 2.83. The Hall–Kier alpha value is -1.06. The molecule has 88 valence electrons. The summed E-state index contributed by atoms with van der Waals surface area (Å²) < 4.78 is 10.9. The van der Waals surface area contributed by atoms with E-state index in [9.17, 15) is 0 Å². The number of rotatable bonds is 5. The van der Waals surface area contributed by atoms with Gasteiger partial charge < -0.3 is 14.6 Å². The van der Waals surface area contributed by atoms with Gasteiger partial charge in [0.1, 0.15) is 5.75 Å². The fraction of sp³-hybridized carbons (Fsp3) is 0.538. The molecule has 1 heterocycles. The third-order valence-corrected chi connectivity index (χ3v) is 2.83. The van der Waals surface area contributed by atoms with Crippen LogP contribution in [-0.2, 0) is 4.74 Å². The van der Waals surface area contributed by atoms with Crippen molar-refractivity contribution in [3.05, 3.63) is 29.8 Å². The van der Waals surface area contributed by atoms with Gasteiger partial charge in [0, 0.05) is 25.6 Å². The van der Waals surface area contributed by atoms with Gasteiger partial charge in [-0.05, 0) is 24.1 Å². The molecule has 1 saturated heterocycles. The van der Waals surface area contributed by atoms with Crippen molar-refractivity contribution in [1.82, 2.24) is 0 Å². The quantitative estimate of drug-likeness (QED) is 0.774. The molecule has 0 spiro atoms. The fourth-order valence-corrected chi connectivity index (χ4v) is 1.91. The first-order valence-electron chi connectivity index (χ1n) is 5.81. The minimum atomic E-state index is 0.177. The average molecular weight is 222 g/mol. The van der Waals surface area contributed by atoms with Gasteiger partial charge in [0.2, 0.25) is 0 Å². The number of aliphatic hydroxyl groups excluding tert-OH is 1. The topological polar surface area (TPSA) is 38.7 Å². The Bertz CT molecular complexity index is 319. The number of aliphatic hydroxyl groups is 1. The van der Waals surface area contributed by atoms with Crippen molar-refractivity contribution in [3.8, 4) is 5.75 Å². The second-order valence-electron chi connectivity index (χ2n) is 4.06. The van der Waals surface area contributed by atoms with Crippen LogP contribution in [-0.4, -0.2) is 31.5 Å². The van der Waals surface area contributed by atoms with E-state index in [2.05, 4.69) is 12.1 Å². The third-order valence-electron chi connectivity index (χ3n) is 2.83. The first kappa shape index (κ1) is 11.4. The van der Waals surface area contributed by atoms with Gasteiger partial charge >= 0.3 is 0 Å². The van der Waals surface area contributed by atoms with Gasteiger partial charge in [0.05, 0.1) is 13.2 Å². The summed E-state index contributed by atoms with van der Waals surface area (Å²) in [6, 6.07) is 8.17. The van der Waals surface area contributed by atoms with Gasteiger partial charge in [-0.25, -0.2) is 0 Å². The Balaban J connectivity index is 1.95. The van der Waals surface area contributed by atoms with Crippen molar-refractivity contribution < 1.29 is 14.6 Å². The summed E-state index contributed by atoms with van der Waals surface area (Å²) in [5.74, 6) is 1.40. The zero-order valence-electron chi connectivity index (χ0n) is 9.39. The van der Waals surface area contributed by atoms with Crippen LogP contribution in [0.5, 0.6) is 5.75 Å². The van der Waals surface area contributed by atoms with Gasteiger partial charge in [-0.1, -0.05) is 12.1 Å². The van der Waals surface area contributed by atoms with Crippen molar-refractivity contribution in [2.24, 2.45) is 0 Å². The lowest BCUT2D eigenvalue weighted by molar-refractivity contribution is 0.194. The molecule has 2 rings (SSSR count). The molecule has 1 N–H and O–H groups in total. The summed E-state index contributed by atoms with van der Waals surface area (Å²) in [7, 11) is 0. The van der Waals surface area contributed by atoms with Crippen LogP contribution in [0.3, 0.4) is 0 Å². The molecular formula is C13H18O3. The van der Waals surface area contributed by atoms with Crippen LogP contribution in [0.4, 0.5) is 0 Å². The molecule has 3 nitrogen and oxygen atoms in total. The lowest BCUT2D eigenvalue weighted by atomic mass is 9.98. The van der Waals surface area contributed by atoms with Crippen LogP contribution in [0.15, 0.2) is 24.3 Å². The molecule has 1 unspecified atom stereocenters. The van der Waals surface area contributed by atoms with E-state index in [1.165, 1.54) is 5.56 Å². The largest absolute Gasteiger partial charge is 0.493 e. The van der Waals surface area contributed by atoms with Gasteiger partial charge in [-0.3, -0.25) is 0 Å². The van der Waals surface area contributed by atoms with E-state index in [-0.39, 0.29) is 6.61 Å². The van der Waals surface area contributed by atoms with Crippen LogP contribution in [0.25, 0.3) is 0 Å². The molecule has 16 heavy (non-hydrogen) atoms. The predicted octanol–water partition coefficient (Wildman–Crippen LogP) is 1.95. The van der Waals surface area contributed by atoms with Crippen LogP contribution >= 0.6 is 0 Å². The molecule has 0 aliphatic carbocycles. The molecule has 1 aliphatic rings. The standard InChI is InChI=1S/C13H18O3/c14-6-2-7-16-13-4-1-3-11(9-13)12-5-8-15-10-12/h1,3-4,9,12,14H,2,5-8,10H2. The Morgan fingerprint density at radius 1 is 1.44 bits per heavy atom. The highest BCUT2D eigenvalue weighted by Crippen LogP contribution is 2.27. The molecule has 1 aliphatic heterocycles. The summed E-state index contributed by atoms with van der Waals surface area (Å²) in [5.41, 5.74) is 1.29. The van der Waals surface area contributed by atoms with Crippen molar-refractivity contribution in [2.75, 3.05) is 26.4 Å². The summed E-state index contributed by atoms with van der Waals surface area (Å²) in [6.07, 6.45) is 1.77. The van der Waals surface area contributed by atoms with E-state index >= 15 is 0 Å². The predicted molar refractivity (Wildman–Crippen MR) is 61.8 cm³/mol. The number of benzene rings is 1. The fourth-order valence-electron chi connectivity index (χ4n) is 1.91. The monoisotopic (exact) mass is 222 g/mol. The SMILES string of the molecule is OCCCOc1cccc(C2CCOC2)c1. The van der Waals surface area contributed by atoms with Gasteiger partial charge in [-0.2, -0.15) is 0 Å². The van der Waals surface area contributed by atoms with E-state index in [0.29, 0.717) is 18.9 Å². The first-order valence-corrected chi connectivity index (χ1v) is 5.81. The molecule has 1 atom stereocenters. The highest BCUT2D eigenvalue weighted by Gasteiger charge is 2.17. The van der Waals surface area contributed by atoms with E-state index in [4.69, 9.17) is 14.6 Å². The molecular weight excluding hydrogens is 204 g/mol. The maximum Gasteiger partial charge on any atom is 0.119 e. The maximum atomic E-state index is 8.67. The Morgan fingerprint density at radius 2 is 2.38 bits per heavy atom. The lowest BCUT2D eigenvalue weighted by Crippen LogP contribution is -2.01. The third kappa shape index (κ3) is 2.97. The van der Waals surface area contributed by atoms with E-state index in [1.54, 1.807) is 0 Å². The molecule has 3 heteroatoms. The highest BCUT2D eigenvalue weighted by molar-refractivity contribution is 5.31. The van der Waals surface area contributed by atoms with Gasteiger partial charge in [0.15, 0.2) is 0 Å². The second kappa shape index (κ2) is 5.87. The number of hydrogen-bond donors (Lipinski definition) is 1. The highest BCUT2D eigenvalue weighted by atomic mass is 16.5. The minimum absolute atomic E-state index is 0.177. The molecule has 1 fully saturated rings. The molecule has 1 aromatic carbocycles. The zero-order chi connectivity index (χ0) is 11.2. The molecule has 0 amide bonds. The van der Waals surface area contributed by atoms with Crippen LogP contribution in [0.2, 0.25) is 0 Å². The van der Waals surface area contributed by atoms with Crippen LogP contribution < -0.4 is 4.74 Å². The summed E-state index contributed by atoms with van der Waals surface area (Å²) in [6.45, 7) is 2.43. The first-order chi connectivity index (χ1) is 7.90. The summed E-state index contributed by atoms with van der Waals surface area (Å²) >= 11 is 0. The van der Waals surface area contributed by atoms with Crippen LogP contribution in [0.1, 0.15) is 24.3 Å². The maximum absolute atomic E-state index is 8.67. The van der Waals surface area contributed by atoms with E-state index < -0.39 is 0 Å². The number of hydrogen-bond acceptors (Lipinski definition) is 3. The van der Waals surface area contributed by atoms with Crippen molar-refractivity contribution in [1.29, 1.82) is 0 Å². The lowest BCUT2D eigenvalue weighted by Gasteiger charge is -2.10. The minimum Gasteiger partial charge on any atom is -0.493 e. The molecule has 0 radical (unpaired) electrons. The van der Waals surface area contributed by atoms with E-state index in [1.807, 2.05) is 12.1 Å². The van der Waals surface area contributed by atoms with Crippen molar-refractivity contribution in [2.45, 2.75) is 18.8 Å². The Kier molecular flexibility index (Phi) is 4.19. The van der Waals surface area contributed by atoms with Gasteiger partial charge in [0.25, 0.3) is 0 Å². The van der Waals surface area contributed by atoms with E-state index in [0.717, 1.165) is 25.4 Å². The van der Waals surface area contributed by atoms with Crippen molar-refractivity contribution >= 4 is 0 Å². The zero-order valence-corrected chi connectivity index (χ0v) is 9.39. The summed E-state index contributed by atoms with van der Waals surface area (Å²) in [4.78, 5) is 0. The Morgan fingerprint density at radius 3 is 3.12 bits per heavy atom. The second-order valence-corrected chi connectivity index (χ2v) is 4.06. The van der Waals surface area contributed by atoms with Gasteiger partial charge in [-0.15, -0.1) is 0 Å². The Labute approximate surface area is 96.0 Å². The molecule has 0 aromatic heterocycles. The number of ether oxygens (including phenoxy) is 2.